The molecule has 0 aliphatic heterocycles. The van der Waals surface area contributed by atoms with Crippen molar-refractivity contribution in [2.24, 2.45) is 5.41 Å². The molecule has 1 heterocycles. The highest BCUT2D eigenvalue weighted by Gasteiger charge is 2.42. The zero-order valence-corrected chi connectivity index (χ0v) is 10.3. The minimum atomic E-state index is -0.0316. The van der Waals surface area contributed by atoms with Crippen LogP contribution in [-0.2, 0) is 11.2 Å². The number of aliphatic hydroxyl groups excluding tert-OH is 1. The van der Waals surface area contributed by atoms with Gasteiger partial charge >= 0.3 is 0 Å². The predicted molar refractivity (Wildman–Crippen MR) is 63.5 cm³/mol. The maximum Gasteiger partial charge on any atom is 0.224 e. The van der Waals surface area contributed by atoms with E-state index in [0.29, 0.717) is 13.0 Å². The average Bonchev–Trinajstić information content (AvgIpc) is 3.04. The van der Waals surface area contributed by atoms with Crippen molar-refractivity contribution in [3.63, 3.8) is 0 Å². The quantitative estimate of drug-likeness (QED) is 0.696. The summed E-state index contributed by atoms with van der Waals surface area (Å²) in [6, 6.07) is 0. The Hall–Kier alpha value is -1.36. The van der Waals surface area contributed by atoms with Crippen molar-refractivity contribution >= 4 is 5.91 Å². The number of H-pyrrole nitrogens is 1. The fourth-order valence-corrected chi connectivity index (χ4v) is 1.91. The summed E-state index contributed by atoms with van der Waals surface area (Å²) < 4.78 is 0. The lowest BCUT2D eigenvalue weighted by Gasteiger charge is -2.12. The Morgan fingerprint density at radius 3 is 2.71 bits per heavy atom. The molecule has 0 aromatic carbocycles. The van der Waals surface area contributed by atoms with E-state index in [4.69, 9.17) is 5.11 Å². The topological polar surface area (TPSA) is 78.0 Å². The number of hydrogen-bond donors (Lipinski definition) is 3. The standard InChI is InChI=1S/C12H19N3O2/c1-8-10(9(2)15-14-8)5-11(17)13-6-12(7-16)3-4-12/h16H,3-7H2,1-2H3,(H,13,17)(H,14,15). The molecule has 1 saturated carbocycles. The summed E-state index contributed by atoms with van der Waals surface area (Å²) in [6.45, 7) is 4.55. The number of rotatable bonds is 5. The molecular weight excluding hydrogens is 218 g/mol. The van der Waals surface area contributed by atoms with Gasteiger partial charge in [-0.05, 0) is 26.7 Å². The van der Waals surface area contributed by atoms with Crippen LogP contribution in [0.4, 0.5) is 0 Å². The second kappa shape index (κ2) is 4.49. The highest BCUT2D eigenvalue weighted by Crippen LogP contribution is 2.44. The molecule has 3 N–H and O–H groups in total. The van der Waals surface area contributed by atoms with E-state index in [0.717, 1.165) is 29.8 Å². The lowest BCUT2D eigenvalue weighted by atomic mass is 10.1. The number of carbonyl (C=O) groups is 1. The van der Waals surface area contributed by atoms with Gasteiger partial charge in [-0.1, -0.05) is 0 Å². The Bertz CT molecular complexity index is 402. The van der Waals surface area contributed by atoms with Crippen LogP contribution < -0.4 is 5.32 Å². The van der Waals surface area contributed by atoms with Gasteiger partial charge in [0.1, 0.15) is 0 Å². The molecule has 0 saturated heterocycles. The third-order valence-corrected chi connectivity index (χ3v) is 3.57. The summed E-state index contributed by atoms with van der Waals surface area (Å²) in [5.41, 5.74) is 2.76. The summed E-state index contributed by atoms with van der Waals surface area (Å²) in [5.74, 6) is -0.00248. The molecule has 1 fully saturated rings. The van der Waals surface area contributed by atoms with Crippen LogP contribution >= 0.6 is 0 Å². The maximum absolute atomic E-state index is 11.8. The minimum Gasteiger partial charge on any atom is -0.396 e. The van der Waals surface area contributed by atoms with Crippen LogP contribution in [0.3, 0.4) is 0 Å². The van der Waals surface area contributed by atoms with E-state index in [1.54, 1.807) is 0 Å². The number of carbonyl (C=O) groups excluding carboxylic acids is 1. The van der Waals surface area contributed by atoms with E-state index < -0.39 is 0 Å². The van der Waals surface area contributed by atoms with E-state index in [1.165, 1.54) is 0 Å². The van der Waals surface area contributed by atoms with Crippen LogP contribution in [0.25, 0.3) is 0 Å². The van der Waals surface area contributed by atoms with Gasteiger partial charge in [0.15, 0.2) is 0 Å². The van der Waals surface area contributed by atoms with Crippen molar-refractivity contribution < 1.29 is 9.90 Å². The van der Waals surface area contributed by atoms with Gasteiger partial charge < -0.3 is 10.4 Å². The SMILES string of the molecule is Cc1n[nH]c(C)c1CC(=O)NCC1(CO)CC1. The molecule has 5 heteroatoms. The van der Waals surface area contributed by atoms with Crippen molar-refractivity contribution in [1.29, 1.82) is 0 Å². The number of aromatic nitrogens is 2. The first-order chi connectivity index (χ1) is 8.06. The highest BCUT2D eigenvalue weighted by atomic mass is 16.3. The van der Waals surface area contributed by atoms with Crippen molar-refractivity contribution in [3.05, 3.63) is 17.0 Å². The fraction of sp³-hybridized carbons (Fsp3) is 0.667. The van der Waals surface area contributed by atoms with Crippen molar-refractivity contribution in [1.82, 2.24) is 15.5 Å². The number of nitrogens with zero attached hydrogens (tertiary/aromatic N) is 1. The second-order valence-electron chi connectivity index (χ2n) is 5.02. The first kappa shape index (κ1) is 12.1. The van der Waals surface area contributed by atoms with Gasteiger partial charge in [0.2, 0.25) is 5.91 Å². The molecule has 1 aliphatic rings. The molecule has 1 aromatic heterocycles. The van der Waals surface area contributed by atoms with Crippen LogP contribution in [0.1, 0.15) is 29.8 Å². The lowest BCUT2D eigenvalue weighted by molar-refractivity contribution is -0.120. The Labute approximate surface area is 101 Å². The second-order valence-corrected chi connectivity index (χ2v) is 5.02. The molecule has 17 heavy (non-hydrogen) atoms. The number of aryl methyl sites for hydroxylation is 2. The zero-order valence-electron chi connectivity index (χ0n) is 10.3. The van der Waals surface area contributed by atoms with Gasteiger partial charge in [-0.25, -0.2) is 0 Å². The molecule has 1 amide bonds. The van der Waals surface area contributed by atoms with E-state index in [1.807, 2.05) is 13.8 Å². The summed E-state index contributed by atoms with van der Waals surface area (Å²) in [6.07, 6.45) is 2.37. The summed E-state index contributed by atoms with van der Waals surface area (Å²) in [5, 5.41) is 19.0. The van der Waals surface area contributed by atoms with Crippen molar-refractivity contribution in [2.45, 2.75) is 33.1 Å². The maximum atomic E-state index is 11.8. The summed E-state index contributed by atoms with van der Waals surface area (Å²) >= 11 is 0. The zero-order chi connectivity index (χ0) is 12.5. The van der Waals surface area contributed by atoms with Gasteiger partial charge in [0.05, 0.1) is 18.7 Å². The number of amides is 1. The third kappa shape index (κ3) is 2.66. The Morgan fingerprint density at radius 2 is 2.24 bits per heavy atom. The first-order valence-electron chi connectivity index (χ1n) is 5.94. The first-order valence-corrected chi connectivity index (χ1v) is 5.94. The molecule has 0 bridgehead atoms. The van der Waals surface area contributed by atoms with Crippen molar-refractivity contribution in [3.8, 4) is 0 Å². The molecule has 0 spiro atoms. The molecule has 1 aliphatic carbocycles. The monoisotopic (exact) mass is 237 g/mol. The Kier molecular flexibility index (Phi) is 3.19. The van der Waals surface area contributed by atoms with E-state index >= 15 is 0 Å². The Morgan fingerprint density at radius 1 is 1.53 bits per heavy atom. The third-order valence-electron chi connectivity index (χ3n) is 3.57. The van der Waals surface area contributed by atoms with Gasteiger partial charge in [-0.3, -0.25) is 9.89 Å². The van der Waals surface area contributed by atoms with Gasteiger partial charge in [-0.2, -0.15) is 5.10 Å². The van der Waals surface area contributed by atoms with Crippen molar-refractivity contribution in [2.75, 3.05) is 13.2 Å². The molecule has 0 unspecified atom stereocenters. The van der Waals surface area contributed by atoms with E-state index in [2.05, 4.69) is 15.5 Å². The fourth-order valence-electron chi connectivity index (χ4n) is 1.91. The number of aromatic amines is 1. The molecule has 0 atom stereocenters. The van der Waals surface area contributed by atoms with E-state index in [9.17, 15) is 4.79 Å². The number of aliphatic hydroxyl groups is 1. The normalized spacial score (nSPS) is 16.9. The Balaban J connectivity index is 1.85. The average molecular weight is 237 g/mol. The molecular formula is C12H19N3O2. The predicted octanol–water partition coefficient (Wildman–Crippen LogP) is 0.458. The van der Waals surface area contributed by atoms with Crippen LogP contribution in [0.5, 0.6) is 0 Å². The van der Waals surface area contributed by atoms with Gasteiger partial charge in [0.25, 0.3) is 0 Å². The number of nitrogens with one attached hydrogen (secondary N) is 2. The van der Waals surface area contributed by atoms with Crippen LogP contribution in [-0.4, -0.2) is 34.4 Å². The number of hydrogen-bond acceptors (Lipinski definition) is 3. The molecule has 5 nitrogen and oxygen atoms in total. The smallest absolute Gasteiger partial charge is 0.224 e. The molecule has 1 aromatic rings. The summed E-state index contributed by atoms with van der Waals surface area (Å²) in [4.78, 5) is 11.8. The molecule has 2 rings (SSSR count). The largest absolute Gasteiger partial charge is 0.396 e. The highest BCUT2D eigenvalue weighted by molar-refractivity contribution is 5.79. The van der Waals surface area contributed by atoms with Crippen LogP contribution in [0.2, 0.25) is 0 Å². The van der Waals surface area contributed by atoms with Gasteiger partial charge in [-0.15, -0.1) is 0 Å². The minimum absolute atomic E-state index is 0.00248. The van der Waals surface area contributed by atoms with Crippen LogP contribution in [0, 0.1) is 19.3 Å². The molecule has 94 valence electrons. The van der Waals surface area contributed by atoms with Crippen LogP contribution in [0.15, 0.2) is 0 Å². The van der Waals surface area contributed by atoms with Gasteiger partial charge in [0, 0.05) is 23.2 Å². The molecule has 0 radical (unpaired) electrons. The lowest BCUT2D eigenvalue weighted by Crippen LogP contribution is -2.33. The van der Waals surface area contributed by atoms with E-state index in [-0.39, 0.29) is 17.9 Å². The summed E-state index contributed by atoms with van der Waals surface area (Å²) in [7, 11) is 0.